The molecule has 1 N–H and O–H groups in total. The number of alkyl halides is 3. The summed E-state index contributed by atoms with van der Waals surface area (Å²) in [5, 5.41) is 3.46. The fraction of sp³-hybridized carbons (Fsp3) is 0.471. The molecule has 24 heavy (non-hydrogen) atoms. The number of nitrogens with one attached hydrogen (secondary N) is 1. The lowest BCUT2D eigenvalue weighted by atomic mass is 9.98. The van der Waals surface area contributed by atoms with E-state index in [-0.39, 0.29) is 16.3 Å². The number of rotatable bonds is 6. The molecule has 1 aliphatic heterocycles. The van der Waals surface area contributed by atoms with Gasteiger partial charge in [-0.15, -0.1) is 0 Å². The van der Waals surface area contributed by atoms with E-state index in [4.69, 9.17) is 0 Å². The monoisotopic (exact) mass is 375 g/mol. The topological polar surface area (TPSA) is 29.1 Å². The molecule has 0 bridgehead atoms. The predicted molar refractivity (Wildman–Crippen MR) is 96.0 cm³/mol. The van der Waals surface area contributed by atoms with Crippen molar-refractivity contribution >= 4 is 34.9 Å². The van der Waals surface area contributed by atoms with Gasteiger partial charge in [-0.3, -0.25) is 4.79 Å². The Morgan fingerprint density at radius 1 is 1.38 bits per heavy atom. The van der Waals surface area contributed by atoms with Crippen molar-refractivity contribution < 1.29 is 18.0 Å². The van der Waals surface area contributed by atoms with E-state index >= 15 is 0 Å². The second-order valence-electron chi connectivity index (χ2n) is 5.51. The van der Waals surface area contributed by atoms with E-state index < -0.39 is 11.7 Å². The molecule has 0 aliphatic carbocycles. The van der Waals surface area contributed by atoms with Crippen LogP contribution in [0.25, 0.3) is 5.57 Å². The summed E-state index contributed by atoms with van der Waals surface area (Å²) in [5.41, 5.74) is -0.0537. The molecule has 1 heterocycles. The van der Waals surface area contributed by atoms with E-state index in [2.05, 4.69) is 12.2 Å². The maximum Gasteiger partial charge on any atom is 0.416 e. The van der Waals surface area contributed by atoms with Crippen molar-refractivity contribution in [2.75, 3.05) is 12.8 Å². The van der Waals surface area contributed by atoms with Crippen LogP contribution >= 0.6 is 23.5 Å². The minimum atomic E-state index is -4.42. The van der Waals surface area contributed by atoms with E-state index in [0.717, 1.165) is 24.3 Å². The number of hydrogen-bond donors (Lipinski definition) is 1. The Kier molecular flexibility index (Phi) is 6.31. The quantitative estimate of drug-likeness (QED) is 0.773. The Labute approximate surface area is 148 Å². The number of carbonyl (C=O) groups excluding carboxylic acids is 1. The summed E-state index contributed by atoms with van der Waals surface area (Å²) in [4.78, 5) is 12.8. The molecule has 0 radical (unpaired) electrons. The molecule has 7 heteroatoms. The number of carbonyl (C=O) groups is 1. The zero-order valence-corrected chi connectivity index (χ0v) is 15.4. The molecule has 2 atom stereocenters. The third kappa shape index (κ3) is 4.11. The van der Waals surface area contributed by atoms with Crippen molar-refractivity contribution in [2.45, 2.75) is 36.9 Å². The summed E-state index contributed by atoms with van der Waals surface area (Å²) in [6, 6.07) is 4.98. The Balaban J connectivity index is 2.33. The van der Waals surface area contributed by atoms with Crippen molar-refractivity contribution in [3.63, 3.8) is 0 Å². The van der Waals surface area contributed by atoms with Gasteiger partial charge in [0, 0.05) is 12.3 Å². The van der Waals surface area contributed by atoms with Crippen LogP contribution in [0.5, 0.6) is 0 Å². The second kappa shape index (κ2) is 7.87. The number of benzene rings is 1. The summed E-state index contributed by atoms with van der Waals surface area (Å²) in [7, 11) is 1.69. The van der Waals surface area contributed by atoms with Gasteiger partial charge in [-0.1, -0.05) is 37.7 Å². The zero-order chi connectivity index (χ0) is 17.9. The van der Waals surface area contributed by atoms with Gasteiger partial charge in [0.15, 0.2) is 5.78 Å². The summed E-state index contributed by atoms with van der Waals surface area (Å²) in [6.45, 7) is 4.08. The highest BCUT2D eigenvalue weighted by molar-refractivity contribution is 8.07. The van der Waals surface area contributed by atoms with Crippen molar-refractivity contribution in [1.29, 1.82) is 0 Å². The molecule has 1 aliphatic rings. The number of ketones is 1. The molecule has 0 aromatic heterocycles. The van der Waals surface area contributed by atoms with E-state index in [1.165, 1.54) is 17.8 Å². The number of Topliss-reactive ketones (excluding diaryl/α,β-unsaturated/α-hetero) is 1. The Bertz CT molecular complexity index is 643. The van der Waals surface area contributed by atoms with Crippen LogP contribution in [0.1, 0.15) is 31.4 Å². The molecular formula is C17H20F3NOS2. The van der Waals surface area contributed by atoms with Crippen LogP contribution in [0.2, 0.25) is 0 Å². The smallest absolute Gasteiger partial charge is 0.382 e. The summed E-state index contributed by atoms with van der Waals surface area (Å²) in [5.74, 6) is 0.860. The summed E-state index contributed by atoms with van der Waals surface area (Å²) < 4.78 is 38.9. The highest BCUT2D eigenvalue weighted by Gasteiger charge is 2.39. The maximum atomic E-state index is 13.0. The SMILES string of the molecule is CCCSC(C)C1SC(NC)=C(c2cccc(C(F)(F)F)c2)C1=O. The fourth-order valence-electron chi connectivity index (χ4n) is 2.50. The third-order valence-electron chi connectivity index (χ3n) is 3.69. The van der Waals surface area contributed by atoms with Crippen molar-refractivity contribution in [1.82, 2.24) is 5.32 Å². The number of hydrogen-bond acceptors (Lipinski definition) is 4. The Morgan fingerprint density at radius 3 is 2.67 bits per heavy atom. The predicted octanol–water partition coefficient (Wildman–Crippen LogP) is 4.81. The minimum absolute atomic E-state index is 0.0974. The van der Waals surface area contributed by atoms with Crippen LogP contribution in [-0.2, 0) is 11.0 Å². The number of allylic oxidation sites excluding steroid dienone is 1. The van der Waals surface area contributed by atoms with Crippen LogP contribution in [0.4, 0.5) is 13.2 Å². The standard InChI is InChI=1S/C17H20F3NOS2/c1-4-8-23-10(2)15-14(22)13(16(21-3)24-15)11-6-5-7-12(9-11)17(18,19)20/h5-7,9-10,15,21H,4,8H2,1-3H3. The largest absolute Gasteiger partial charge is 0.416 e. The molecular weight excluding hydrogens is 355 g/mol. The van der Waals surface area contributed by atoms with Crippen LogP contribution in [0, 0.1) is 0 Å². The highest BCUT2D eigenvalue weighted by Crippen LogP contribution is 2.43. The average Bonchev–Trinajstić information content (AvgIpc) is 2.88. The molecule has 0 spiro atoms. The van der Waals surface area contributed by atoms with Gasteiger partial charge in [0.1, 0.15) is 0 Å². The molecule has 1 aromatic rings. The molecule has 132 valence electrons. The molecule has 0 fully saturated rings. The van der Waals surface area contributed by atoms with Crippen LogP contribution < -0.4 is 5.32 Å². The first-order valence-electron chi connectivity index (χ1n) is 7.71. The van der Waals surface area contributed by atoms with Gasteiger partial charge in [-0.05, 0) is 29.9 Å². The van der Waals surface area contributed by atoms with Crippen molar-refractivity contribution in [3.05, 3.63) is 40.4 Å². The van der Waals surface area contributed by atoms with Gasteiger partial charge in [-0.2, -0.15) is 24.9 Å². The summed E-state index contributed by atoms with van der Waals surface area (Å²) >= 11 is 3.13. The minimum Gasteiger partial charge on any atom is -0.382 e. The zero-order valence-electron chi connectivity index (χ0n) is 13.7. The lowest BCUT2D eigenvalue weighted by Gasteiger charge is -2.17. The van der Waals surface area contributed by atoms with E-state index in [1.54, 1.807) is 24.9 Å². The third-order valence-corrected chi connectivity index (χ3v) is 6.83. The Hall–Kier alpha value is -1.08. The first kappa shape index (κ1) is 19.2. The van der Waals surface area contributed by atoms with Crippen LogP contribution in [0.3, 0.4) is 0 Å². The van der Waals surface area contributed by atoms with Gasteiger partial charge < -0.3 is 5.32 Å². The first-order valence-corrected chi connectivity index (χ1v) is 9.64. The van der Waals surface area contributed by atoms with Gasteiger partial charge in [0.05, 0.1) is 21.4 Å². The van der Waals surface area contributed by atoms with Gasteiger partial charge in [0.2, 0.25) is 0 Å². The van der Waals surface area contributed by atoms with Gasteiger partial charge >= 0.3 is 6.18 Å². The van der Waals surface area contributed by atoms with E-state index in [1.807, 2.05) is 6.92 Å². The van der Waals surface area contributed by atoms with E-state index in [9.17, 15) is 18.0 Å². The lowest BCUT2D eigenvalue weighted by molar-refractivity contribution is -0.137. The fourth-order valence-corrected chi connectivity index (χ4v) is 4.93. The molecule has 1 aromatic carbocycles. The molecule has 2 unspecified atom stereocenters. The molecule has 0 saturated carbocycles. The number of halogens is 3. The maximum absolute atomic E-state index is 13.0. The van der Waals surface area contributed by atoms with Gasteiger partial charge in [0.25, 0.3) is 0 Å². The number of thioether (sulfide) groups is 2. The molecule has 2 nitrogen and oxygen atoms in total. The molecule has 0 amide bonds. The van der Waals surface area contributed by atoms with Crippen molar-refractivity contribution in [3.8, 4) is 0 Å². The highest BCUT2D eigenvalue weighted by atomic mass is 32.2. The molecule has 2 rings (SSSR count). The second-order valence-corrected chi connectivity index (χ2v) is 8.15. The van der Waals surface area contributed by atoms with Crippen molar-refractivity contribution in [2.24, 2.45) is 0 Å². The lowest BCUT2D eigenvalue weighted by Crippen LogP contribution is -2.24. The summed E-state index contributed by atoms with van der Waals surface area (Å²) in [6.07, 6.45) is -3.40. The first-order chi connectivity index (χ1) is 11.3. The normalized spacial score (nSPS) is 19.8. The molecule has 0 saturated heterocycles. The van der Waals surface area contributed by atoms with Gasteiger partial charge in [-0.25, -0.2) is 0 Å². The Morgan fingerprint density at radius 2 is 2.08 bits per heavy atom. The van der Waals surface area contributed by atoms with Crippen LogP contribution in [-0.4, -0.2) is 29.1 Å². The van der Waals surface area contributed by atoms with Crippen LogP contribution in [0.15, 0.2) is 29.3 Å². The van der Waals surface area contributed by atoms with E-state index in [0.29, 0.717) is 16.2 Å². The average molecular weight is 375 g/mol.